The SMILES string of the molecule is CC(C)(CCC#N)CNc1c(F)c(F)cc(F)c1F. The van der Waals surface area contributed by atoms with E-state index in [9.17, 15) is 17.6 Å². The van der Waals surface area contributed by atoms with Crippen LogP contribution < -0.4 is 5.32 Å². The Kier molecular flexibility index (Phi) is 4.76. The molecule has 0 aliphatic rings. The van der Waals surface area contributed by atoms with Crippen molar-refractivity contribution in [3.05, 3.63) is 29.3 Å². The molecule has 2 nitrogen and oxygen atoms in total. The van der Waals surface area contributed by atoms with Gasteiger partial charge >= 0.3 is 0 Å². The Balaban J connectivity index is 2.87. The number of halogens is 4. The lowest BCUT2D eigenvalue weighted by Crippen LogP contribution is -2.24. The molecule has 0 amide bonds. The van der Waals surface area contributed by atoms with Gasteiger partial charge in [-0.1, -0.05) is 13.8 Å². The van der Waals surface area contributed by atoms with E-state index in [0.29, 0.717) is 6.42 Å². The Hall–Kier alpha value is -1.77. The van der Waals surface area contributed by atoms with Gasteiger partial charge in [-0.3, -0.25) is 0 Å². The van der Waals surface area contributed by atoms with Crippen LogP contribution in [0.1, 0.15) is 26.7 Å². The maximum absolute atomic E-state index is 13.4. The third kappa shape index (κ3) is 3.85. The Bertz CT molecular complexity index is 480. The predicted molar refractivity (Wildman–Crippen MR) is 63.4 cm³/mol. The van der Waals surface area contributed by atoms with Crippen LogP contribution in [0, 0.1) is 40.0 Å². The molecule has 1 rings (SSSR count). The number of hydrogen-bond donors (Lipinski definition) is 1. The Morgan fingerprint density at radius 3 is 2.16 bits per heavy atom. The van der Waals surface area contributed by atoms with Gasteiger partial charge in [-0.25, -0.2) is 17.6 Å². The minimum Gasteiger partial charge on any atom is -0.380 e. The van der Waals surface area contributed by atoms with Crippen molar-refractivity contribution in [1.82, 2.24) is 0 Å². The summed E-state index contributed by atoms with van der Waals surface area (Å²) in [5.41, 5.74) is -1.25. The summed E-state index contributed by atoms with van der Waals surface area (Å²) in [5.74, 6) is -5.79. The number of nitrogens with one attached hydrogen (secondary N) is 1. The molecule has 0 spiro atoms. The van der Waals surface area contributed by atoms with Gasteiger partial charge in [0.15, 0.2) is 23.3 Å². The van der Waals surface area contributed by atoms with E-state index in [1.54, 1.807) is 13.8 Å². The summed E-state index contributed by atoms with van der Waals surface area (Å²) in [6.45, 7) is 3.65. The molecule has 1 aromatic carbocycles. The first-order chi connectivity index (χ1) is 8.78. The van der Waals surface area contributed by atoms with Crippen molar-refractivity contribution in [2.75, 3.05) is 11.9 Å². The average molecular weight is 274 g/mol. The van der Waals surface area contributed by atoms with Gasteiger partial charge in [0.05, 0.1) is 6.07 Å². The lowest BCUT2D eigenvalue weighted by atomic mass is 9.88. The van der Waals surface area contributed by atoms with Crippen LogP contribution in [0.4, 0.5) is 23.2 Å². The van der Waals surface area contributed by atoms with Gasteiger partial charge in [-0.15, -0.1) is 0 Å². The van der Waals surface area contributed by atoms with Gasteiger partial charge < -0.3 is 5.32 Å². The second-order valence-corrected chi connectivity index (χ2v) is 5.02. The number of anilines is 1. The topological polar surface area (TPSA) is 35.8 Å². The van der Waals surface area contributed by atoms with Gasteiger partial charge in [0.25, 0.3) is 0 Å². The third-order valence-corrected chi connectivity index (χ3v) is 2.77. The van der Waals surface area contributed by atoms with Gasteiger partial charge in [0, 0.05) is 19.0 Å². The molecule has 0 aromatic heterocycles. The van der Waals surface area contributed by atoms with Gasteiger partial charge in [-0.05, 0) is 11.8 Å². The van der Waals surface area contributed by atoms with Crippen LogP contribution in [0.5, 0.6) is 0 Å². The standard InChI is InChI=1S/C13H14F4N2/c1-13(2,4-3-5-18)7-19-12-10(16)8(14)6-9(15)11(12)17/h6,19H,3-4,7H2,1-2H3. The van der Waals surface area contributed by atoms with Crippen LogP contribution in [0.25, 0.3) is 0 Å². The van der Waals surface area contributed by atoms with Gasteiger partial charge in [0.1, 0.15) is 5.69 Å². The quantitative estimate of drug-likeness (QED) is 0.651. The van der Waals surface area contributed by atoms with E-state index in [0.717, 1.165) is 0 Å². The molecule has 0 radical (unpaired) electrons. The lowest BCUT2D eigenvalue weighted by Gasteiger charge is -2.24. The fraction of sp³-hybridized carbons (Fsp3) is 0.462. The zero-order chi connectivity index (χ0) is 14.6. The molecule has 0 fully saturated rings. The second kappa shape index (κ2) is 5.91. The highest BCUT2D eigenvalue weighted by atomic mass is 19.2. The van der Waals surface area contributed by atoms with Crippen LogP contribution in [0.15, 0.2) is 6.07 Å². The molecule has 19 heavy (non-hydrogen) atoms. The molecular formula is C13H14F4N2. The minimum absolute atomic E-state index is 0.0887. The summed E-state index contributed by atoms with van der Waals surface area (Å²) < 4.78 is 52.7. The Morgan fingerprint density at radius 1 is 1.16 bits per heavy atom. The predicted octanol–water partition coefficient (Wildman–Crippen LogP) is 3.98. The summed E-state index contributed by atoms with van der Waals surface area (Å²) in [6.07, 6.45) is 0.786. The summed E-state index contributed by atoms with van der Waals surface area (Å²) in [4.78, 5) is 0. The molecule has 0 saturated carbocycles. The molecule has 0 heterocycles. The van der Waals surface area contributed by atoms with Crippen molar-refractivity contribution in [1.29, 1.82) is 5.26 Å². The summed E-state index contributed by atoms with van der Waals surface area (Å²) in [7, 11) is 0. The maximum atomic E-state index is 13.4. The van der Waals surface area contributed by atoms with E-state index in [2.05, 4.69) is 5.32 Å². The number of benzene rings is 1. The number of hydrogen-bond acceptors (Lipinski definition) is 2. The van der Waals surface area contributed by atoms with Gasteiger partial charge in [0.2, 0.25) is 0 Å². The highest BCUT2D eigenvalue weighted by Crippen LogP contribution is 2.27. The van der Waals surface area contributed by atoms with E-state index < -0.39 is 34.4 Å². The van der Waals surface area contributed by atoms with Crippen molar-refractivity contribution in [2.45, 2.75) is 26.7 Å². The first-order valence-corrected chi connectivity index (χ1v) is 5.72. The monoisotopic (exact) mass is 274 g/mol. The van der Waals surface area contributed by atoms with Crippen molar-refractivity contribution < 1.29 is 17.6 Å². The smallest absolute Gasteiger partial charge is 0.185 e. The zero-order valence-corrected chi connectivity index (χ0v) is 10.7. The highest BCUT2D eigenvalue weighted by Gasteiger charge is 2.22. The molecule has 6 heteroatoms. The van der Waals surface area contributed by atoms with Crippen LogP contribution in [0.2, 0.25) is 0 Å². The van der Waals surface area contributed by atoms with Crippen molar-refractivity contribution in [2.24, 2.45) is 5.41 Å². The summed E-state index contributed by atoms with van der Waals surface area (Å²) >= 11 is 0. The highest BCUT2D eigenvalue weighted by molar-refractivity contribution is 5.47. The summed E-state index contributed by atoms with van der Waals surface area (Å²) in [6, 6.07) is 2.13. The molecule has 0 unspecified atom stereocenters. The van der Waals surface area contributed by atoms with Crippen molar-refractivity contribution in [3.8, 4) is 6.07 Å². The summed E-state index contributed by atoms with van der Waals surface area (Å²) in [5, 5.41) is 10.9. The zero-order valence-electron chi connectivity index (χ0n) is 10.7. The third-order valence-electron chi connectivity index (χ3n) is 2.77. The molecule has 1 aromatic rings. The van der Waals surface area contributed by atoms with Gasteiger partial charge in [-0.2, -0.15) is 5.26 Å². The maximum Gasteiger partial charge on any atom is 0.185 e. The molecule has 1 N–H and O–H groups in total. The largest absolute Gasteiger partial charge is 0.380 e. The molecule has 0 aliphatic heterocycles. The van der Waals surface area contributed by atoms with E-state index in [-0.39, 0.29) is 19.0 Å². The number of rotatable bonds is 5. The van der Waals surface area contributed by atoms with E-state index in [1.165, 1.54) is 0 Å². The van der Waals surface area contributed by atoms with Crippen LogP contribution >= 0.6 is 0 Å². The van der Waals surface area contributed by atoms with Crippen LogP contribution in [-0.4, -0.2) is 6.54 Å². The molecule has 0 atom stereocenters. The van der Waals surface area contributed by atoms with Crippen molar-refractivity contribution >= 4 is 5.69 Å². The molecule has 104 valence electrons. The van der Waals surface area contributed by atoms with E-state index >= 15 is 0 Å². The molecule has 0 saturated heterocycles. The fourth-order valence-corrected chi connectivity index (χ4v) is 1.54. The number of nitrogens with zero attached hydrogens (tertiary/aromatic N) is 1. The average Bonchev–Trinajstić information content (AvgIpc) is 2.34. The van der Waals surface area contributed by atoms with Crippen LogP contribution in [-0.2, 0) is 0 Å². The van der Waals surface area contributed by atoms with Crippen LogP contribution in [0.3, 0.4) is 0 Å². The Morgan fingerprint density at radius 2 is 1.68 bits per heavy atom. The second-order valence-electron chi connectivity index (χ2n) is 5.02. The first kappa shape index (κ1) is 15.3. The van der Waals surface area contributed by atoms with Crippen molar-refractivity contribution in [3.63, 3.8) is 0 Å². The normalized spacial score (nSPS) is 11.2. The lowest BCUT2D eigenvalue weighted by molar-refractivity contribution is 0.361. The molecular weight excluding hydrogens is 260 g/mol. The molecule has 0 bridgehead atoms. The first-order valence-electron chi connectivity index (χ1n) is 5.72. The van der Waals surface area contributed by atoms with E-state index in [4.69, 9.17) is 5.26 Å². The van der Waals surface area contributed by atoms with E-state index in [1.807, 2.05) is 6.07 Å². The number of nitriles is 1. The minimum atomic E-state index is -1.45. The fourth-order valence-electron chi connectivity index (χ4n) is 1.54. The molecule has 0 aliphatic carbocycles. The Labute approximate surface area is 109 Å².